The quantitative estimate of drug-likeness (QED) is 0.120. The number of fused-ring (bicyclic) bond motifs is 3. The SMILES string of the molecule is N#Cc1ccccc1-c1ccc(Cn2c3ccccc3c3cc(C(N=N)=NN)ccc32)cc1. The van der Waals surface area contributed by atoms with Gasteiger partial charge in [0.15, 0.2) is 5.84 Å². The van der Waals surface area contributed by atoms with Crippen LogP contribution in [0.25, 0.3) is 32.9 Å². The highest BCUT2D eigenvalue weighted by Gasteiger charge is 2.13. The largest absolute Gasteiger partial charge is 0.336 e. The molecule has 0 amide bonds. The van der Waals surface area contributed by atoms with Gasteiger partial charge in [-0.05, 0) is 47.0 Å². The number of nitriles is 1. The van der Waals surface area contributed by atoms with Gasteiger partial charge in [-0.1, -0.05) is 60.7 Å². The number of para-hydroxylation sites is 1. The van der Waals surface area contributed by atoms with Crippen molar-refractivity contribution in [3.8, 4) is 17.2 Å². The number of hydrogen-bond donors (Lipinski definition) is 2. The predicted octanol–water partition coefficient (Wildman–Crippen LogP) is 6.03. The predicted molar refractivity (Wildman–Crippen MR) is 131 cm³/mol. The van der Waals surface area contributed by atoms with E-state index in [2.05, 4.69) is 57.3 Å². The number of hydrazone groups is 1. The van der Waals surface area contributed by atoms with Crippen LogP contribution in [0.15, 0.2) is 101 Å². The molecule has 1 heterocycles. The fraction of sp³-hybridized carbons (Fsp3) is 0.0370. The van der Waals surface area contributed by atoms with Crippen LogP contribution in [-0.4, -0.2) is 10.4 Å². The normalized spacial score (nSPS) is 11.5. The molecule has 6 nitrogen and oxygen atoms in total. The lowest BCUT2D eigenvalue weighted by atomic mass is 9.99. The van der Waals surface area contributed by atoms with E-state index < -0.39 is 0 Å². The lowest BCUT2D eigenvalue weighted by Gasteiger charge is -2.10. The average molecular weight is 428 g/mol. The Labute approximate surface area is 190 Å². The van der Waals surface area contributed by atoms with Crippen LogP contribution in [0.3, 0.4) is 0 Å². The van der Waals surface area contributed by atoms with E-state index in [0.717, 1.165) is 38.5 Å². The molecule has 0 aliphatic carbocycles. The van der Waals surface area contributed by atoms with Crippen molar-refractivity contribution < 1.29 is 0 Å². The Bertz CT molecular complexity index is 1570. The van der Waals surface area contributed by atoms with Crippen molar-refractivity contribution in [2.75, 3.05) is 0 Å². The number of amidine groups is 1. The highest BCUT2D eigenvalue weighted by Crippen LogP contribution is 2.31. The maximum Gasteiger partial charge on any atom is 0.199 e. The number of nitrogens with two attached hydrogens (primary N) is 1. The van der Waals surface area contributed by atoms with E-state index in [0.29, 0.717) is 17.7 Å². The first-order chi connectivity index (χ1) is 16.2. The van der Waals surface area contributed by atoms with Crippen LogP contribution < -0.4 is 5.84 Å². The first-order valence-electron chi connectivity index (χ1n) is 10.5. The second kappa shape index (κ2) is 8.40. The molecular weight excluding hydrogens is 408 g/mol. The summed E-state index contributed by atoms with van der Waals surface area (Å²) in [7, 11) is 0. The number of rotatable bonds is 4. The zero-order chi connectivity index (χ0) is 22.8. The molecule has 0 spiro atoms. The van der Waals surface area contributed by atoms with Crippen LogP contribution in [0.1, 0.15) is 16.7 Å². The molecule has 0 unspecified atom stereocenters. The fourth-order valence-corrected chi connectivity index (χ4v) is 4.34. The molecule has 0 saturated heterocycles. The summed E-state index contributed by atoms with van der Waals surface area (Å²) in [6.07, 6.45) is 0. The number of benzene rings is 4. The van der Waals surface area contributed by atoms with E-state index >= 15 is 0 Å². The summed E-state index contributed by atoms with van der Waals surface area (Å²) in [4.78, 5) is 0. The van der Waals surface area contributed by atoms with Crippen LogP contribution in [0.4, 0.5) is 0 Å². The van der Waals surface area contributed by atoms with Crippen LogP contribution >= 0.6 is 0 Å². The van der Waals surface area contributed by atoms with Crippen molar-refractivity contribution in [1.82, 2.24) is 4.57 Å². The minimum absolute atomic E-state index is 0.196. The molecule has 33 heavy (non-hydrogen) atoms. The Kier molecular flexibility index (Phi) is 5.13. The second-order valence-electron chi connectivity index (χ2n) is 7.75. The molecule has 0 aliphatic heterocycles. The van der Waals surface area contributed by atoms with Gasteiger partial charge in [0.25, 0.3) is 0 Å². The summed E-state index contributed by atoms with van der Waals surface area (Å²) < 4.78 is 2.28. The highest BCUT2D eigenvalue weighted by atomic mass is 15.2. The Morgan fingerprint density at radius 1 is 0.879 bits per heavy atom. The number of aromatic nitrogens is 1. The standard InChI is InChI=1S/C27H20N6/c28-16-21-5-1-2-6-22(21)19-11-9-18(10-12-19)17-33-25-8-4-3-7-23(25)24-15-20(13-14-26(24)33)27(31-29)32-30/h1-15,29H,17,30H2. The van der Waals surface area contributed by atoms with Gasteiger partial charge in [0.05, 0.1) is 11.6 Å². The zero-order valence-electron chi connectivity index (χ0n) is 17.7. The maximum atomic E-state index is 9.41. The summed E-state index contributed by atoms with van der Waals surface area (Å²) in [6, 6.07) is 32.4. The Balaban J connectivity index is 1.57. The van der Waals surface area contributed by atoms with Gasteiger partial charge in [0.2, 0.25) is 0 Å². The summed E-state index contributed by atoms with van der Waals surface area (Å²) >= 11 is 0. The van der Waals surface area contributed by atoms with E-state index in [1.165, 1.54) is 0 Å². The van der Waals surface area contributed by atoms with Crippen molar-refractivity contribution in [2.24, 2.45) is 16.1 Å². The summed E-state index contributed by atoms with van der Waals surface area (Å²) in [5.41, 5.74) is 14.0. The van der Waals surface area contributed by atoms with Gasteiger partial charge < -0.3 is 10.4 Å². The summed E-state index contributed by atoms with van der Waals surface area (Å²) in [5, 5.41) is 18.6. The molecule has 0 bridgehead atoms. The van der Waals surface area contributed by atoms with Gasteiger partial charge in [0, 0.05) is 33.9 Å². The zero-order valence-corrected chi connectivity index (χ0v) is 17.7. The maximum absolute atomic E-state index is 9.41. The summed E-state index contributed by atoms with van der Waals surface area (Å²) in [5.74, 6) is 5.60. The topological polar surface area (TPSA) is 103 Å². The molecule has 5 rings (SSSR count). The molecule has 158 valence electrons. The molecule has 6 heteroatoms. The van der Waals surface area contributed by atoms with Gasteiger partial charge in [-0.3, -0.25) is 0 Å². The van der Waals surface area contributed by atoms with Crippen LogP contribution in [0.2, 0.25) is 0 Å². The lowest BCUT2D eigenvalue weighted by molar-refractivity contribution is 0.869. The fourth-order valence-electron chi connectivity index (χ4n) is 4.34. The van der Waals surface area contributed by atoms with Crippen molar-refractivity contribution >= 4 is 27.6 Å². The minimum atomic E-state index is 0.196. The third kappa shape index (κ3) is 3.52. The molecule has 0 radical (unpaired) electrons. The third-order valence-electron chi connectivity index (χ3n) is 5.91. The molecule has 1 aromatic heterocycles. The molecule has 0 saturated carbocycles. The Morgan fingerprint density at radius 2 is 1.61 bits per heavy atom. The van der Waals surface area contributed by atoms with Crippen molar-refractivity contribution in [2.45, 2.75) is 6.54 Å². The number of hydrogen-bond acceptors (Lipinski definition) is 4. The monoisotopic (exact) mass is 428 g/mol. The van der Waals surface area contributed by atoms with Crippen LogP contribution in [-0.2, 0) is 6.54 Å². The van der Waals surface area contributed by atoms with Gasteiger partial charge in [0.1, 0.15) is 0 Å². The van der Waals surface area contributed by atoms with E-state index in [1.54, 1.807) is 0 Å². The van der Waals surface area contributed by atoms with Gasteiger partial charge in [-0.2, -0.15) is 10.4 Å². The van der Waals surface area contributed by atoms with E-state index in [9.17, 15) is 5.26 Å². The molecule has 0 atom stereocenters. The Morgan fingerprint density at radius 3 is 2.36 bits per heavy atom. The number of nitrogens with zero attached hydrogens (tertiary/aromatic N) is 4. The molecule has 5 aromatic rings. The Hall–Kier alpha value is -4.76. The second-order valence-corrected chi connectivity index (χ2v) is 7.75. The summed E-state index contributed by atoms with van der Waals surface area (Å²) in [6.45, 7) is 0.699. The molecule has 4 aromatic carbocycles. The average Bonchev–Trinajstić information content (AvgIpc) is 3.18. The minimum Gasteiger partial charge on any atom is -0.336 e. The van der Waals surface area contributed by atoms with Gasteiger partial charge >= 0.3 is 0 Å². The van der Waals surface area contributed by atoms with Crippen molar-refractivity contribution in [3.05, 3.63) is 108 Å². The molecule has 0 aliphatic rings. The van der Waals surface area contributed by atoms with Crippen molar-refractivity contribution in [1.29, 1.82) is 10.8 Å². The molecule has 3 N–H and O–H groups in total. The highest BCUT2D eigenvalue weighted by molar-refractivity contribution is 6.11. The van der Waals surface area contributed by atoms with Crippen LogP contribution in [0, 0.1) is 16.9 Å². The first kappa shape index (κ1) is 20.2. The lowest BCUT2D eigenvalue weighted by Crippen LogP contribution is -2.01. The third-order valence-corrected chi connectivity index (χ3v) is 5.91. The van der Waals surface area contributed by atoms with E-state index in [4.69, 9.17) is 11.4 Å². The van der Waals surface area contributed by atoms with E-state index in [1.807, 2.05) is 54.6 Å². The first-order valence-corrected chi connectivity index (χ1v) is 10.5. The van der Waals surface area contributed by atoms with Gasteiger partial charge in [-0.15, -0.1) is 5.11 Å². The van der Waals surface area contributed by atoms with Gasteiger partial charge in [-0.25, -0.2) is 5.53 Å². The molecular formula is C27H20N6. The molecule has 0 fully saturated rings. The van der Waals surface area contributed by atoms with E-state index in [-0.39, 0.29) is 5.84 Å². The smallest absolute Gasteiger partial charge is 0.199 e. The van der Waals surface area contributed by atoms with Crippen molar-refractivity contribution in [3.63, 3.8) is 0 Å². The van der Waals surface area contributed by atoms with Crippen LogP contribution in [0.5, 0.6) is 0 Å². The number of nitrogens with one attached hydrogen (secondary N) is 1.